The number of amides is 1. The fraction of sp³-hybridized carbons (Fsp3) is 0.444. The van der Waals surface area contributed by atoms with Gasteiger partial charge >= 0.3 is 0 Å². The van der Waals surface area contributed by atoms with Crippen LogP contribution in [0.25, 0.3) is 0 Å². The van der Waals surface area contributed by atoms with Gasteiger partial charge in [0.25, 0.3) is 5.91 Å². The number of hydrogen-bond donors (Lipinski definition) is 0. The molecule has 1 aromatic heterocycles. The lowest BCUT2D eigenvalue weighted by Gasteiger charge is -2.33. The average Bonchev–Trinajstić information content (AvgIpc) is 2.91. The van der Waals surface area contributed by atoms with Crippen LogP contribution in [0.15, 0.2) is 24.4 Å². The van der Waals surface area contributed by atoms with Gasteiger partial charge in [-0.05, 0) is 32.4 Å². The smallest absolute Gasteiger partial charge is 0.261 e. The van der Waals surface area contributed by atoms with Gasteiger partial charge in [0.1, 0.15) is 17.7 Å². The van der Waals surface area contributed by atoms with Crippen LogP contribution < -0.4 is 9.64 Å². The van der Waals surface area contributed by atoms with Crippen LogP contribution in [0.5, 0.6) is 5.75 Å². The Bertz CT molecular complexity index is 757. The molecule has 0 bridgehead atoms. The van der Waals surface area contributed by atoms with Crippen molar-refractivity contribution in [1.82, 2.24) is 9.78 Å². The maximum Gasteiger partial charge on any atom is 0.261 e. The summed E-state index contributed by atoms with van der Waals surface area (Å²) in [6.45, 7) is 7.05. The van der Waals surface area contributed by atoms with Crippen LogP contribution >= 0.6 is 0 Å². The first-order chi connectivity index (χ1) is 11.5. The number of nitrogens with zero attached hydrogens (tertiary/aromatic N) is 3. The molecule has 1 aliphatic rings. The highest BCUT2D eigenvalue weighted by Gasteiger charge is 2.30. The summed E-state index contributed by atoms with van der Waals surface area (Å²) in [5.74, 6) is -0.102. The maximum atomic E-state index is 13.5. The molecule has 0 aliphatic carbocycles. The van der Waals surface area contributed by atoms with Crippen LogP contribution in [0.1, 0.15) is 42.7 Å². The molecule has 128 valence electrons. The van der Waals surface area contributed by atoms with Crippen molar-refractivity contribution >= 4 is 11.6 Å². The monoisotopic (exact) mass is 331 g/mol. The molecule has 0 N–H and O–H groups in total. The minimum Gasteiger partial charge on any atom is -0.487 e. The lowest BCUT2D eigenvalue weighted by molar-refractivity contribution is 0.0960. The number of hydrogen-bond acceptors (Lipinski definition) is 3. The van der Waals surface area contributed by atoms with Gasteiger partial charge in [-0.3, -0.25) is 9.48 Å². The summed E-state index contributed by atoms with van der Waals surface area (Å²) < 4.78 is 20.9. The lowest BCUT2D eigenvalue weighted by atomic mass is 10.1. The minimum absolute atomic E-state index is 0.127. The summed E-state index contributed by atoms with van der Waals surface area (Å²) in [6.07, 6.45) is 3.70. The Morgan fingerprint density at radius 1 is 1.46 bits per heavy atom. The van der Waals surface area contributed by atoms with Gasteiger partial charge in [-0.2, -0.15) is 5.10 Å². The first-order valence-corrected chi connectivity index (χ1v) is 8.31. The standard InChI is InChI=1S/C18H22FN3O2/c1-4-5-8-21-11-15(13(3)20-21)18(23)22-10-12(2)24-17-9-14(19)6-7-16(17)22/h6-7,9,11-12H,4-5,8,10H2,1-3H3. The number of carbonyl (C=O) groups is 1. The van der Waals surface area contributed by atoms with Crippen LogP contribution in [0.4, 0.5) is 10.1 Å². The SMILES string of the molecule is CCCCn1cc(C(=O)N2CC(C)Oc3cc(F)ccc32)c(C)n1. The maximum absolute atomic E-state index is 13.5. The van der Waals surface area contributed by atoms with E-state index in [1.807, 2.05) is 18.5 Å². The molecular weight excluding hydrogens is 309 g/mol. The second kappa shape index (κ2) is 6.63. The van der Waals surface area contributed by atoms with Gasteiger partial charge in [-0.15, -0.1) is 0 Å². The molecule has 0 saturated carbocycles. The Balaban J connectivity index is 1.92. The second-order valence-electron chi connectivity index (χ2n) is 6.20. The highest BCUT2D eigenvalue weighted by atomic mass is 19.1. The number of aryl methyl sites for hydroxylation is 2. The van der Waals surface area contributed by atoms with Crippen molar-refractivity contribution in [3.05, 3.63) is 41.5 Å². The van der Waals surface area contributed by atoms with E-state index in [0.29, 0.717) is 29.2 Å². The molecular formula is C18H22FN3O2. The molecule has 1 aromatic carbocycles. The van der Waals surface area contributed by atoms with E-state index >= 15 is 0 Å². The molecule has 1 amide bonds. The molecule has 2 aromatic rings. The van der Waals surface area contributed by atoms with Crippen LogP contribution in [-0.4, -0.2) is 28.3 Å². The largest absolute Gasteiger partial charge is 0.487 e. The van der Waals surface area contributed by atoms with Crippen molar-refractivity contribution in [3.63, 3.8) is 0 Å². The lowest BCUT2D eigenvalue weighted by Crippen LogP contribution is -2.42. The molecule has 3 rings (SSSR count). The van der Waals surface area contributed by atoms with Gasteiger partial charge in [0.2, 0.25) is 0 Å². The molecule has 24 heavy (non-hydrogen) atoms. The Kier molecular flexibility index (Phi) is 4.55. The highest BCUT2D eigenvalue weighted by molar-refractivity contribution is 6.07. The third kappa shape index (κ3) is 3.13. The number of fused-ring (bicyclic) bond motifs is 1. The molecule has 0 fully saturated rings. The van der Waals surface area contributed by atoms with Crippen LogP contribution in [0.2, 0.25) is 0 Å². The summed E-state index contributed by atoms with van der Waals surface area (Å²) >= 11 is 0. The quantitative estimate of drug-likeness (QED) is 0.861. The van der Waals surface area contributed by atoms with E-state index in [4.69, 9.17) is 4.74 Å². The third-order valence-corrected chi connectivity index (χ3v) is 4.14. The predicted octanol–water partition coefficient (Wildman–Crippen LogP) is 3.56. The zero-order valence-corrected chi connectivity index (χ0v) is 14.3. The predicted molar refractivity (Wildman–Crippen MR) is 90.0 cm³/mol. The van der Waals surface area contributed by atoms with Crippen molar-refractivity contribution in [2.24, 2.45) is 0 Å². The fourth-order valence-corrected chi connectivity index (χ4v) is 2.92. The van der Waals surface area contributed by atoms with E-state index in [0.717, 1.165) is 19.4 Å². The van der Waals surface area contributed by atoms with Crippen molar-refractivity contribution in [2.45, 2.75) is 46.3 Å². The van der Waals surface area contributed by atoms with Gasteiger partial charge in [-0.25, -0.2) is 4.39 Å². The third-order valence-electron chi connectivity index (χ3n) is 4.14. The van der Waals surface area contributed by atoms with E-state index in [9.17, 15) is 9.18 Å². The molecule has 1 unspecified atom stereocenters. The van der Waals surface area contributed by atoms with Crippen LogP contribution in [-0.2, 0) is 6.54 Å². The van der Waals surface area contributed by atoms with E-state index in [1.165, 1.54) is 12.1 Å². The number of halogens is 1. The van der Waals surface area contributed by atoms with Crippen molar-refractivity contribution in [3.8, 4) is 5.75 Å². The van der Waals surface area contributed by atoms with Crippen molar-refractivity contribution in [1.29, 1.82) is 0 Å². The van der Waals surface area contributed by atoms with E-state index < -0.39 is 0 Å². The van der Waals surface area contributed by atoms with E-state index in [2.05, 4.69) is 12.0 Å². The molecule has 0 saturated heterocycles. The number of unbranched alkanes of at least 4 members (excludes halogenated alkanes) is 1. The molecule has 2 heterocycles. The van der Waals surface area contributed by atoms with Gasteiger partial charge in [0.05, 0.1) is 23.5 Å². The van der Waals surface area contributed by atoms with Crippen LogP contribution in [0, 0.1) is 12.7 Å². The average molecular weight is 331 g/mol. The normalized spacial score (nSPS) is 16.7. The van der Waals surface area contributed by atoms with Crippen LogP contribution in [0.3, 0.4) is 0 Å². The number of ether oxygens (including phenoxy) is 1. The number of carbonyl (C=O) groups excluding carboxylic acids is 1. The zero-order valence-electron chi connectivity index (χ0n) is 14.3. The molecule has 0 radical (unpaired) electrons. The summed E-state index contributed by atoms with van der Waals surface area (Å²) in [5, 5.41) is 4.43. The van der Waals surface area contributed by atoms with E-state index in [-0.39, 0.29) is 17.8 Å². The second-order valence-corrected chi connectivity index (χ2v) is 6.20. The molecule has 1 aliphatic heterocycles. The summed E-state index contributed by atoms with van der Waals surface area (Å²) in [7, 11) is 0. The number of benzene rings is 1. The van der Waals surface area contributed by atoms with E-state index in [1.54, 1.807) is 17.2 Å². The molecule has 1 atom stereocenters. The number of anilines is 1. The Hall–Kier alpha value is -2.37. The topological polar surface area (TPSA) is 47.4 Å². The Labute approximate surface area is 141 Å². The van der Waals surface area contributed by atoms with Gasteiger partial charge in [0.15, 0.2) is 0 Å². The van der Waals surface area contributed by atoms with Gasteiger partial charge < -0.3 is 9.64 Å². The Morgan fingerprint density at radius 2 is 2.25 bits per heavy atom. The zero-order chi connectivity index (χ0) is 17.3. The van der Waals surface area contributed by atoms with Gasteiger partial charge in [0, 0.05) is 18.8 Å². The summed E-state index contributed by atoms with van der Waals surface area (Å²) in [5.41, 5.74) is 1.88. The highest BCUT2D eigenvalue weighted by Crippen LogP contribution is 2.35. The summed E-state index contributed by atoms with van der Waals surface area (Å²) in [4.78, 5) is 14.7. The fourth-order valence-electron chi connectivity index (χ4n) is 2.92. The molecule has 5 nitrogen and oxygen atoms in total. The van der Waals surface area contributed by atoms with Gasteiger partial charge in [-0.1, -0.05) is 13.3 Å². The molecule has 0 spiro atoms. The van der Waals surface area contributed by atoms with Crippen molar-refractivity contribution < 1.29 is 13.9 Å². The molecule has 6 heteroatoms. The first kappa shape index (κ1) is 16.5. The van der Waals surface area contributed by atoms with Crippen molar-refractivity contribution in [2.75, 3.05) is 11.4 Å². The Morgan fingerprint density at radius 3 is 3.00 bits per heavy atom. The minimum atomic E-state index is -0.376. The first-order valence-electron chi connectivity index (χ1n) is 8.31. The number of rotatable bonds is 4. The summed E-state index contributed by atoms with van der Waals surface area (Å²) in [6, 6.07) is 4.25. The number of aromatic nitrogens is 2.